The van der Waals surface area contributed by atoms with Crippen LogP contribution >= 0.6 is 12.4 Å². The number of carbonyl (C=O) groups is 1. The smallest absolute Gasteiger partial charge is 0.341 e. The van der Waals surface area contributed by atoms with Crippen molar-refractivity contribution in [2.75, 3.05) is 13.6 Å². The van der Waals surface area contributed by atoms with Crippen LogP contribution in [0.4, 0.5) is 8.78 Å². The molecule has 0 aromatic heterocycles. The average Bonchev–Trinajstić information content (AvgIpc) is 2.45. The monoisotopic (exact) mass is 356 g/mol. The predicted molar refractivity (Wildman–Crippen MR) is 81.9 cm³/mol. The fourth-order valence-corrected chi connectivity index (χ4v) is 2.32. The van der Waals surface area contributed by atoms with Gasteiger partial charge in [0.25, 0.3) is 0 Å². The number of hydrogen-bond acceptors (Lipinski definition) is 4. The van der Waals surface area contributed by atoms with Gasteiger partial charge in [-0.1, -0.05) is 12.1 Å². The number of rotatable bonds is 6. The van der Waals surface area contributed by atoms with Gasteiger partial charge in [0, 0.05) is 19.6 Å². The Labute approximate surface area is 134 Å². The first-order valence-electron chi connectivity index (χ1n) is 6.27. The average molecular weight is 357 g/mol. The van der Waals surface area contributed by atoms with Gasteiger partial charge in [0.05, 0.1) is 11.3 Å². The summed E-state index contributed by atoms with van der Waals surface area (Å²) >= 11 is 0. The third-order valence-electron chi connectivity index (χ3n) is 3.24. The van der Waals surface area contributed by atoms with Gasteiger partial charge in [-0.15, -0.1) is 12.4 Å². The Hall–Kier alpha value is -1.25. The first-order valence-corrected chi connectivity index (χ1v) is 7.81. The van der Waals surface area contributed by atoms with E-state index >= 15 is 0 Å². The van der Waals surface area contributed by atoms with E-state index in [0.29, 0.717) is 12.1 Å². The Morgan fingerprint density at radius 3 is 2.18 bits per heavy atom. The number of nitrogens with zero attached hydrogens (tertiary/aromatic N) is 1. The molecule has 0 radical (unpaired) electrons. The lowest BCUT2D eigenvalue weighted by atomic mass is 10.1. The number of benzene rings is 1. The molecule has 0 spiro atoms. The van der Waals surface area contributed by atoms with Crippen LogP contribution in [0.15, 0.2) is 29.2 Å². The summed E-state index contributed by atoms with van der Waals surface area (Å²) in [4.78, 5) is 13.0. The predicted octanol–water partition coefficient (Wildman–Crippen LogP) is 1.45. The maximum Gasteiger partial charge on any atom is 0.341 e. The van der Waals surface area contributed by atoms with Gasteiger partial charge in [0.1, 0.15) is 0 Å². The van der Waals surface area contributed by atoms with E-state index in [1.165, 1.54) is 17.0 Å². The second kappa shape index (κ2) is 8.40. The largest absolute Gasteiger partial charge is 0.341 e. The summed E-state index contributed by atoms with van der Waals surface area (Å²) in [5.41, 5.74) is 6.01. The number of amides is 1. The van der Waals surface area contributed by atoms with Gasteiger partial charge in [-0.05, 0) is 24.6 Å². The minimum absolute atomic E-state index is 0. The lowest BCUT2D eigenvalue weighted by molar-refractivity contribution is -0.130. The highest BCUT2D eigenvalue weighted by Gasteiger charge is 2.26. The van der Waals surface area contributed by atoms with Crippen LogP contribution in [0.5, 0.6) is 0 Å². The summed E-state index contributed by atoms with van der Waals surface area (Å²) in [6.45, 7) is 2.13. The molecule has 2 N–H and O–H groups in total. The van der Waals surface area contributed by atoms with Crippen LogP contribution in [0.3, 0.4) is 0 Å². The zero-order valence-corrected chi connectivity index (χ0v) is 13.8. The maximum absolute atomic E-state index is 12.4. The molecule has 0 bridgehead atoms. The van der Waals surface area contributed by atoms with Gasteiger partial charge in [-0.2, -0.15) is 8.78 Å². The third-order valence-corrected chi connectivity index (χ3v) is 4.64. The van der Waals surface area contributed by atoms with Gasteiger partial charge in [0.2, 0.25) is 15.7 Å². The molecule has 1 aromatic carbocycles. The molecule has 1 aromatic rings. The molecule has 0 saturated heterocycles. The van der Waals surface area contributed by atoms with E-state index in [2.05, 4.69) is 0 Å². The third kappa shape index (κ3) is 4.89. The summed E-state index contributed by atoms with van der Waals surface area (Å²) < 4.78 is 47.3. The molecule has 5 nitrogen and oxygen atoms in total. The van der Waals surface area contributed by atoms with Crippen molar-refractivity contribution in [3.63, 3.8) is 0 Å². The van der Waals surface area contributed by atoms with Gasteiger partial charge >= 0.3 is 5.76 Å². The number of nitrogens with two attached hydrogens (primary N) is 1. The molecule has 126 valence electrons. The Kier molecular flexibility index (Phi) is 7.92. The lowest BCUT2D eigenvalue weighted by Crippen LogP contribution is -2.40. The van der Waals surface area contributed by atoms with E-state index in [4.69, 9.17) is 5.73 Å². The molecule has 1 atom stereocenters. The van der Waals surface area contributed by atoms with Crippen molar-refractivity contribution in [1.82, 2.24) is 4.90 Å². The fraction of sp³-hybridized carbons (Fsp3) is 0.462. The zero-order valence-electron chi connectivity index (χ0n) is 12.2. The molecule has 1 amide bonds. The molecule has 0 aliphatic heterocycles. The van der Waals surface area contributed by atoms with Gasteiger partial charge in [0.15, 0.2) is 0 Å². The second-order valence-electron chi connectivity index (χ2n) is 4.72. The standard InChI is InChI=1S/C13H18F2N2O3S.ClH/c1-9(8-16)17(2)12(18)7-10-3-5-11(6-4-10)21(19,20)13(14)15;/h3-6,9,13H,7-8,16H2,1-2H3;1H. The SMILES string of the molecule is CC(CN)N(C)C(=O)Cc1ccc(S(=O)(=O)C(F)F)cc1.Cl. The molecular formula is C13H19ClF2N2O3S. The highest BCUT2D eigenvalue weighted by atomic mass is 35.5. The lowest BCUT2D eigenvalue weighted by Gasteiger charge is -2.23. The number of sulfone groups is 1. The molecular weight excluding hydrogens is 338 g/mol. The van der Waals surface area contributed by atoms with E-state index in [0.717, 1.165) is 12.1 Å². The second-order valence-corrected chi connectivity index (χ2v) is 6.63. The van der Waals surface area contributed by atoms with Gasteiger partial charge < -0.3 is 10.6 Å². The van der Waals surface area contributed by atoms with Crippen LogP contribution in [0.1, 0.15) is 12.5 Å². The Balaban J connectivity index is 0.00000441. The van der Waals surface area contributed by atoms with Crippen LogP contribution in [-0.2, 0) is 21.1 Å². The minimum atomic E-state index is -4.60. The van der Waals surface area contributed by atoms with E-state index in [1.54, 1.807) is 14.0 Å². The number of alkyl halides is 2. The summed E-state index contributed by atoms with van der Waals surface area (Å²) in [6.07, 6.45) is 0.0514. The first-order chi connectivity index (χ1) is 9.70. The van der Waals surface area contributed by atoms with Crippen molar-refractivity contribution in [3.8, 4) is 0 Å². The molecule has 1 unspecified atom stereocenters. The summed E-state index contributed by atoms with van der Waals surface area (Å²) in [5.74, 6) is -3.64. The molecule has 0 saturated carbocycles. The number of hydrogen-bond donors (Lipinski definition) is 1. The number of likely N-dealkylation sites (N-methyl/N-ethyl adjacent to an activating group) is 1. The molecule has 22 heavy (non-hydrogen) atoms. The Bertz CT molecular complexity index is 594. The number of carbonyl (C=O) groups excluding carboxylic acids is 1. The van der Waals surface area contributed by atoms with Crippen LogP contribution in [0, 0.1) is 0 Å². The Morgan fingerprint density at radius 2 is 1.77 bits per heavy atom. The van der Waals surface area contributed by atoms with Gasteiger partial charge in [-0.3, -0.25) is 4.79 Å². The molecule has 0 heterocycles. The zero-order chi connectivity index (χ0) is 16.2. The quantitative estimate of drug-likeness (QED) is 0.836. The fourth-order valence-electron chi connectivity index (χ4n) is 1.60. The van der Waals surface area contributed by atoms with Crippen LogP contribution in [0.2, 0.25) is 0 Å². The van der Waals surface area contributed by atoms with Crippen molar-refractivity contribution in [2.24, 2.45) is 5.73 Å². The van der Waals surface area contributed by atoms with Crippen LogP contribution < -0.4 is 5.73 Å². The van der Waals surface area contributed by atoms with Crippen LogP contribution in [-0.4, -0.2) is 44.6 Å². The summed E-state index contributed by atoms with van der Waals surface area (Å²) in [6, 6.07) is 4.76. The highest BCUT2D eigenvalue weighted by Crippen LogP contribution is 2.19. The molecule has 0 aliphatic rings. The topological polar surface area (TPSA) is 80.5 Å². The first kappa shape index (κ1) is 20.8. The minimum Gasteiger partial charge on any atom is -0.341 e. The van der Waals surface area contributed by atoms with Crippen LogP contribution in [0.25, 0.3) is 0 Å². The summed E-state index contributed by atoms with van der Waals surface area (Å²) in [5, 5.41) is 0. The normalized spacial score (nSPS) is 12.6. The number of halogens is 3. The summed E-state index contributed by atoms with van der Waals surface area (Å²) in [7, 11) is -2.98. The molecule has 0 fully saturated rings. The van der Waals surface area contributed by atoms with Gasteiger partial charge in [-0.25, -0.2) is 8.42 Å². The molecule has 1 rings (SSSR count). The highest BCUT2D eigenvalue weighted by molar-refractivity contribution is 7.91. The van der Waals surface area contributed by atoms with E-state index in [9.17, 15) is 22.0 Å². The van der Waals surface area contributed by atoms with Crippen molar-refractivity contribution >= 4 is 28.2 Å². The molecule has 0 aliphatic carbocycles. The Morgan fingerprint density at radius 1 is 1.27 bits per heavy atom. The van der Waals surface area contributed by atoms with Crippen molar-refractivity contribution in [3.05, 3.63) is 29.8 Å². The van der Waals surface area contributed by atoms with E-state index < -0.39 is 20.5 Å². The van der Waals surface area contributed by atoms with Crippen molar-refractivity contribution in [1.29, 1.82) is 0 Å². The van der Waals surface area contributed by atoms with E-state index in [1.807, 2.05) is 0 Å². The molecule has 9 heteroatoms. The van der Waals surface area contributed by atoms with Crippen molar-refractivity contribution in [2.45, 2.75) is 30.0 Å². The van der Waals surface area contributed by atoms with Crippen molar-refractivity contribution < 1.29 is 22.0 Å². The van der Waals surface area contributed by atoms with E-state index in [-0.39, 0.29) is 30.8 Å². The maximum atomic E-state index is 12.4.